The quantitative estimate of drug-likeness (QED) is 0.463. The third kappa shape index (κ3) is 14.9. The fourth-order valence-electron chi connectivity index (χ4n) is 2.97. The van der Waals surface area contributed by atoms with E-state index in [1.165, 1.54) is 5.56 Å². The molecule has 1 N–H and O–H groups in total. The van der Waals surface area contributed by atoms with Crippen LogP contribution >= 0.6 is 11.8 Å². The maximum atomic E-state index is 5.97. The molecule has 1 aliphatic rings. The average molecular weight is 520 g/mol. The van der Waals surface area contributed by atoms with Gasteiger partial charge >= 0.3 is 36.7 Å². The molecule has 0 bridgehead atoms. The van der Waals surface area contributed by atoms with Crippen molar-refractivity contribution in [2.24, 2.45) is 0 Å². The van der Waals surface area contributed by atoms with Crippen LogP contribution in [0.15, 0.2) is 24.3 Å². The van der Waals surface area contributed by atoms with E-state index in [-0.39, 0.29) is 65.1 Å². The first-order chi connectivity index (χ1) is 14.4. The number of halogens is 1. The number of rotatable bonds is 5. The predicted octanol–water partition coefficient (Wildman–Crippen LogP) is 0.894. The summed E-state index contributed by atoms with van der Waals surface area (Å²) in [4.78, 5) is 1.85. The molecule has 0 unspecified atom stereocenters. The largest absolute Gasteiger partial charge is 1.00 e. The van der Waals surface area contributed by atoms with Crippen LogP contribution in [0.25, 0.3) is 0 Å². The van der Waals surface area contributed by atoms with Crippen LogP contribution in [0.4, 0.5) is 0 Å². The summed E-state index contributed by atoms with van der Waals surface area (Å²) in [6.07, 6.45) is 0. The Bertz CT molecular complexity index is 617. The Kier molecular flexibility index (Phi) is 22.8. The van der Waals surface area contributed by atoms with Gasteiger partial charge in [-0.2, -0.15) is 0 Å². The van der Waals surface area contributed by atoms with E-state index >= 15 is 0 Å². The summed E-state index contributed by atoms with van der Waals surface area (Å²) in [7, 11) is 0.264. The second kappa shape index (κ2) is 18.7. The maximum absolute atomic E-state index is 5.97. The van der Waals surface area contributed by atoms with Crippen molar-refractivity contribution in [3.63, 3.8) is 0 Å². The normalized spacial score (nSPS) is 15.7. The first-order valence-electron chi connectivity index (χ1n) is 11.6. The van der Waals surface area contributed by atoms with Crippen LogP contribution < -0.4 is 39.8 Å². The third-order valence-corrected chi connectivity index (χ3v) is 6.04. The molecule has 1 fully saturated rings. The van der Waals surface area contributed by atoms with E-state index in [1.54, 1.807) is 4.42 Å². The minimum absolute atomic E-state index is 0. The van der Waals surface area contributed by atoms with E-state index in [9.17, 15) is 0 Å². The Morgan fingerprint density at radius 2 is 1.17 bits per heavy atom. The zero-order valence-electron chi connectivity index (χ0n) is 24.9. The smallest absolute Gasteiger partial charge is 1.00 e. The van der Waals surface area contributed by atoms with E-state index in [0.29, 0.717) is 20.1 Å². The van der Waals surface area contributed by atoms with Crippen molar-refractivity contribution in [2.45, 2.75) is 133 Å². The second-order valence-corrected chi connectivity index (χ2v) is 10.9. The molecule has 0 aliphatic carbocycles. The molecule has 199 valence electrons. The van der Waals surface area contributed by atoms with Crippen molar-refractivity contribution in [2.75, 3.05) is 0 Å². The number of hydrogen-bond acceptors (Lipinski definition) is 3. The van der Waals surface area contributed by atoms with Gasteiger partial charge in [0.05, 0.1) is 11.2 Å². The average Bonchev–Trinajstić information content (AvgIpc) is 2.89. The molecule has 1 aromatic rings. The molecule has 9 heteroatoms. The molecular formula is C26H56B3ClN2NaO2. The Morgan fingerprint density at radius 3 is 1.37 bits per heavy atom. The molecule has 0 spiro atoms. The number of hydrogen-bond donors (Lipinski definition) is 1. The fraction of sp³-hybridized carbons (Fsp3) is 0.769. The summed E-state index contributed by atoms with van der Waals surface area (Å²) in [6.45, 7) is 27.9. The van der Waals surface area contributed by atoms with Gasteiger partial charge in [-0.25, -0.2) is 4.42 Å². The Balaban J connectivity index is -0.000000139. The number of nitrogens with zero attached hydrogens (tertiary/aromatic N) is 1. The standard InChI is InChI=1S/C13H19BO2.C6H18BN.C6H14ClN.CH4.B.Na.H/c1-10-6-8-11(9-7-10)14-15-12(2,3)13(4,5)16-14;2*1-5(2)8(7)6(3)4;;;;/h6-9H,1-5H3;5-6,8H,1-4,7H3;5-6H,1-4H3;1H4;;;/q;;;;;+1;-1. The Labute approximate surface area is 251 Å². The van der Waals surface area contributed by atoms with Gasteiger partial charge < -0.3 is 15.5 Å². The zero-order chi connectivity index (χ0) is 25.4. The van der Waals surface area contributed by atoms with Crippen LogP contribution in [0.2, 0.25) is 0 Å². The second-order valence-electron chi connectivity index (χ2n) is 10.5. The van der Waals surface area contributed by atoms with Crippen LogP contribution in [0.1, 0.15) is 97.5 Å². The Hall–Kier alpha value is 0.545. The first kappa shape index (κ1) is 42.6. The predicted molar refractivity (Wildman–Crippen MR) is 160 cm³/mol. The molecule has 0 atom stereocenters. The van der Waals surface area contributed by atoms with E-state index in [2.05, 4.69) is 114 Å². The number of quaternary nitrogens is 1. The fourth-order valence-corrected chi connectivity index (χ4v) is 2.97. The molecule has 1 aromatic carbocycles. The summed E-state index contributed by atoms with van der Waals surface area (Å²) in [6, 6.07) is 10.9. The van der Waals surface area contributed by atoms with E-state index < -0.39 is 0 Å². The third-order valence-electron chi connectivity index (χ3n) is 5.26. The van der Waals surface area contributed by atoms with Crippen molar-refractivity contribution < 1.29 is 45.1 Å². The molecule has 1 aliphatic heterocycles. The van der Waals surface area contributed by atoms with Gasteiger partial charge in [0.15, 0.2) is 7.98 Å². The minimum atomic E-state index is -0.261. The maximum Gasteiger partial charge on any atom is 1.00 e. The zero-order valence-corrected chi connectivity index (χ0v) is 26.7. The van der Waals surface area contributed by atoms with Crippen LogP contribution in [-0.2, 0) is 9.31 Å². The summed E-state index contributed by atoms with van der Waals surface area (Å²) < 4.78 is 13.7. The molecule has 4 nitrogen and oxygen atoms in total. The van der Waals surface area contributed by atoms with Gasteiger partial charge in [0.1, 0.15) is 0 Å². The molecule has 0 aromatic heterocycles. The van der Waals surface area contributed by atoms with Crippen molar-refractivity contribution >= 4 is 40.8 Å². The van der Waals surface area contributed by atoms with E-state index in [0.717, 1.165) is 17.5 Å². The molecule has 0 amide bonds. The van der Waals surface area contributed by atoms with Gasteiger partial charge in [-0.05, 0) is 107 Å². The SMILES string of the molecule is C.CC(C)N(Cl)C(C)C.Cc1ccc(B2OC(C)(C)C(C)(C)O2)cc1.[BH3-][NH+](C(C)C)C(C)C.[B].[H-].[Na+]. The van der Waals surface area contributed by atoms with E-state index in [1.807, 2.05) is 4.81 Å². The molecule has 1 saturated heterocycles. The van der Waals surface area contributed by atoms with Gasteiger partial charge in [0, 0.05) is 32.6 Å². The monoisotopic (exact) mass is 519 g/mol. The van der Waals surface area contributed by atoms with Gasteiger partial charge in [0.25, 0.3) is 0 Å². The van der Waals surface area contributed by atoms with Crippen LogP contribution in [-0.4, -0.2) is 63.3 Å². The summed E-state index contributed by atoms with van der Waals surface area (Å²) in [5, 5.41) is 0. The van der Waals surface area contributed by atoms with Gasteiger partial charge in [-0.15, -0.1) is 0 Å². The van der Waals surface area contributed by atoms with Gasteiger partial charge in [0.2, 0.25) is 0 Å². The van der Waals surface area contributed by atoms with Crippen molar-refractivity contribution in [1.29, 1.82) is 0 Å². The molecule has 35 heavy (non-hydrogen) atoms. The Morgan fingerprint density at radius 1 is 0.857 bits per heavy atom. The topological polar surface area (TPSA) is 26.1 Å². The van der Waals surface area contributed by atoms with Gasteiger partial charge in [-0.3, -0.25) is 0 Å². The minimum Gasteiger partial charge on any atom is -1.00 e. The molecule has 2 rings (SSSR count). The summed E-state index contributed by atoms with van der Waals surface area (Å²) >= 11 is 5.78. The van der Waals surface area contributed by atoms with Crippen LogP contribution in [0.3, 0.4) is 0 Å². The van der Waals surface area contributed by atoms with Gasteiger partial charge in [-0.1, -0.05) is 37.3 Å². The van der Waals surface area contributed by atoms with Crippen molar-refractivity contribution in [3.05, 3.63) is 29.8 Å². The number of aryl methyl sites for hydroxylation is 1. The molecule has 3 radical (unpaired) electrons. The van der Waals surface area contributed by atoms with Crippen LogP contribution in [0.5, 0.6) is 0 Å². The van der Waals surface area contributed by atoms with E-state index in [4.69, 9.17) is 21.1 Å². The van der Waals surface area contributed by atoms with Crippen molar-refractivity contribution in [3.8, 4) is 0 Å². The van der Waals surface area contributed by atoms with Crippen LogP contribution in [0, 0.1) is 6.92 Å². The molecule has 0 saturated carbocycles. The first-order valence-corrected chi connectivity index (χ1v) is 12.0. The summed E-state index contributed by atoms with van der Waals surface area (Å²) in [5.74, 6) is 0. The number of nitrogens with one attached hydrogen (secondary N) is 1. The molecular weight excluding hydrogens is 463 g/mol. The van der Waals surface area contributed by atoms with Crippen molar-refractivity contribution in [1.82, 2.24) is 4.42 Å². The number of benzene rings is 1. The molecule has 1 heterocycles. The summed E-state index contributed by atoms with van der Waals surface area (Å²) in [5.41, 5.74) is 1.81.